The minimum Gasteiger partial charge on any atom is -0.237 e. The number of nitrogens with zero attached hydrogens (tertiary/aromatic N) is 1. The van der Waals surface area contributed by atoms with Gasteiger partial charge in [-0.1, -0.05) is 11.6 Å². The van der Waals surface area contributed by atoms with Gasteiger partial charge in [0, 0.05) is 18.6 Å². The number of rotatable bonds is 3. The molecule has 0 unspecified atom stereocenters. The summed E-state index contributed by atoms with van der Waals surface area (Å²) in [6.45, 7) is 0. The minimum atomic E-state index is -3.51. The molecular formula is C8H10BrClN2O2S. The van der Waals surface area contributed by atoms with Gasteiger partial charge >= 0.3 is 0 Å². The topological polar surface area (TPSA) is 49.4 Å². The van der Waals surface area contributed by atoms with Gasteiger partial charge in [-0.2, -0.15) is 0 Å². The second-order valence-corrected chi connectivity index (χ2v) is 5.99. The van der Waals surface area contributed by atoms with Crippen LogP contribution in [0.2, 0.25) is 5.02 Å². The molecule has 0 aliphatic rings. The first-order valence-electron chi connectivity index (χ1n) is 3.98. The van der Waals surface area contributed by atoms with Crippen LogP contribution in [-0.2, 0) is 10.0 Å². The molecule has 0 saturated heterocycles. The Labute approximate surface area is 102 Å². The van der Waals surface area contributed by atoms with Crippen LogP contribution in [0, 0.1) is 0 Å². The van der Waals surface area contributed by atoms with Crippen LogP contribution in [0.5, 0.6) is 0 Å². The van der Waals surface area contributed by atoms with Crippen molar-refractivity contribution in [2.75, 3.05) is 14.1 Å². The Morgan fingerprint density at radius 1 is 1.40 bits per heavy atom. The Hall–Kier alpha value is -0.140. The molecule has 0 atom stereocenters. The molecule has 0 aliphatic carbocycles. The molecule has 1 aromatic rings. The molecule has 0 aliphatic heterocycles. The number of benzene rings is 1. The number of sulfonamides is 1. The summed E-state index contributed by atoms with van der Waals surface area (Å²) in [5.41, 5.74) is 0. The van der Waals surface area contributed by atoms with E-state index in [0.717, 1.165) is 0 Å². The first-order valence-corrected chi connectivity index (χ1v) is 6.63. The van der Waals surface area contributed by atoms with Gasteiger partial charge in [-0.05, 0) is 34.1 Å². The van der Waals surface area contributed by atoms with E-state index in [1.807, 2.05) is 0 Å². The molecule has 0 saturated carbocycles. The molecule has 15 heavy (non-hydrogen) atoms. The average Bonchev–Trinajstić information content (AvgIpc) is 2.07. The third-order valence-electron chi connectivity index (χ3n) is 1.50. The van der Waals surface area contributed by atoms with Crippen LogP contribution in [0.15, 0.2) is 27.6 Å². The molecule has 0 spiro atoms. The van der Waals surface area contributed by atoms with Gasteiger partial charge in [-0.15, -0.1) is 4.83 Å². The zero-order valence-corrected chi connectivity index (χ0v) is 11.3. The highest BCUT2D eigenvalue weighted by atomic mass is 79.9. The molecule has 0 bridgehead atoms. The molecule has 0 fully saturated rings. The van der Waals surface area contributed by atoms with Gasteiger partial charge in [-0.25, -0.2) is 13.4 Å². The van der Waals surface area contributed by atoms with Gasteiger partial charge in [-0.3, -0.25) is 0 Å². The Kier molecular flexibility index (Phi) is 4.13. The summed E-state index contributed by atoms with van der Waals surface area (Å²) in [5, 5.41) is 1.83. The van der Waals surface area contributed by atoms with Crippen molar-refractivity contribution in [2.24, 2.45) is 0 Å². The van der Waals surface area contributed by atoms with Crippen LogP contribution >= 0.6 is 27.5 Å². The first-order chi connectivity index (χ1) is 6.83. The van der Waals surface area contributed by atoms with E-state index in [-0.39, 0.29) is 4.90 Å². The van der Waals surface area contributed by atoms with E-state index in [1.54, 1.807) is 14.1 Å². The number of halogens is 2. The third-order valence-corrected chi connectivity index (χ3v) is 4.20. The van der Waals surface area contributed by atoms with Gasteiger partial charge in [0.05, 0.1) is 9.92 Å². The van der Waals surface area contributed by atoms with Crippen molar-refractivity contribution < 1.29 is 8.42 Å². The first kappa shape index (κ1) is 12.9. The quantitative estimate of drug-likeness (QED) is 0.867. The Bertz CT molecular complexity index is 462. The maximum absolute atomic E-state index is 11.7. The second kappa shape index (κ2) is 4.80. The van der Waals surface area contributed by atoms with Crippen LogP contribution in [0.3, 0.4) is 0 Å². The number of hydrogen-bond donors (Lipinski definition) is 1. The molecule has 84 valence electrons. The molecule has 0 aromatic heterocycles. The Balaban J connectivity index is 3.11. The maximum Gasteiger partial charge on any atom is 0.253 e. The number of hydrogen-bond acceptors (Lipinski definition) is 3. The standard InChI is InChI=1S/C8H10BrClN2O2S/c1-12(2)11-15(13,14)6-3-4-8(10)7(9)5-6/h3-5,11H,1-2H3. The van der Waals surface area contributed by atoms with E-state index in [1.165, 1.54) is 23.2 Å². The van der Waals surface area contributed by atoms with Crippen LogP contribution < -0.4 is 4.83 Å². The highest BCUT2D eigenvalue weighted by Crippen LogP contribution is 2.25. The highest BCUT2D eigenvalue weighted by Gasteiger charge is 2.15. The molecule has 1 rings (SSSR count). The second-order valence-electron chi connectivity index (χ2n) is 3.07. The normalized spacial score (nSPS) is 12.1. The van der Waals surface area contributed by atoms with E-state index in [0.29, 0.717) is 9.50 Å². The lowest BCUT2D eigenvalue weighted by Crippen LogP contribution is -2.36. The molecular weight excluding hydrogens is 304 g/mol. The lowest BCUT2D eigenvalue weighted by Gasteiger charge is -2.12. The highest BCUT2D eigenvalue weighted by molar-refractivity contribution is 9.10. The van der Waals surface area contributed by atoms with Crippen molar-refractivity contribution in [3.05, 3.63) is 27.7 Å². The van der Waals surface area contributed by atoms with Crippen molar-refractivity contribution >= 4 is 37.6 Å². The predicted molar refractivity (Wildman–Crippen MR) is 63.2 cm³/mol. The third kappa shape index (κ3) is 3.42. The van der Waals surface area contributed by atoms with Gasteiger partial charge in [0.1, 0.15) is 0 Å². The zero-order valence-electron chi connectivity index (χ0n) is 8.16. The SMILES string of the molecule is CN(C)NS(=O)(=O)c1ccc(Cl)c(Br)c1. The number of nitrogens with one attached hydrogen (secondary N) is 1. The van der Waals surface area contributed by atoms with Crippen molar-refractivity contribution in [2.45, 2.75) is 4.90 Å². The zero-order chi connectivity index (χ0) is 11.6. The summed E-state index contributed by atoms with van der Waals surface area (Å²) < 4.78 is 23.9. The van der Waals surface area contributed by atoms with E-state index in [9.17, 15) is 8.42 Å². The van der Waals surface area contributed by atoms with E-state index in [2.05, 4.69) is 20.8 Å². The lowest BCUT2D eigenvalue weighted by molar-refractivity contribution is 0.364. The van der Waals surface area contributed by atoms with Gasteiger partial charge in [0.15, 0.2) is 0 Å². The van der Waals surface area contributed by atoms with E-state index >= 15 is 0 Å². The summed E-state index contributed by atoms with van der Waals surface area (Å²) in [6, 6.07) is 4.42. The summed E-state index contributed by atoms with van der Waals surface area (Å²) in [6.07, 6.45) is 0. The Morgan fingerprint density at radius 2 is 2.00 bits per heavy atom. The van der Waals surface area contributed by atoms with E-state index in [4.69, 9.17) is 11.6 Å². The predicted octanol–water partition coefficient (Wildman–Crippen LogP) is 1.86. The largest absolute Gasteiger partial charge is 0.253 e. The molecule has 4 nitrogen and oxygen atoms in total. The smallest absolute Gasteiger partial charge is 0.237 e. The fourth-order valence-corrected chi connectivity index (χ4v) is 2.69. The molecule has 0 radical (unpaired) electrons. The van der Waals surface area contributed by atoms with Gasteiger partial charge < -0.3 is 0 Å². The van der Waals surface area contributed by atoms with Crippen LogP contribution in [0.4, 0.5) is 0 Å². The molecule has 0 amide bonds. The molecule has 7 heteroatoms. The Morgan fingerprint density at radius 3 is 2.47 bits per heavy atom. The summed E-state index contributed by atoms with van der Waals surface area (Å²) >= 11 is 8.93. The summed E-state index contributed by atoms with van der Waals surface area (Å²) in [4.78, 5) is 2.48. The summed E-state index contributed by atoms with van der Waals surface area (Å²) in [5.74, 6) is 0. The van der Waals surface area contributed by atoms with Crippen LogP contribution in [-0.4, -0.2) is 27.5 Å². The van der Waals surface area contributed by atoms with Crippen LogP contribution in [0.1, 0.15) is 0 Å². The van der Waals surface area contributed by atoms with Crippen molar-refractivity contribution in [3.8, 4) is 0 Å². The van der Waals surface area contributed by atoms with Crippen LogP contribution in [0.25, 0.3) is 0 Å². The summed E-state index contributed by atoms with van der Waals surface area (Å²) in [7, 11) is -0.312. The van der Waals surface area contributed by atoms with Crippen molar-refractivity contribution in [3.63, 3.8) is 0 Å². The average molecular weight is 314 g/mol. The maximum atomic E-state index is 11.7. The fraction of sp³-hybridized carbons (Fsp3) is 0.250. The monoisotopic (exact) mass is 312 g/mol. The molecule has 1 aromatic carbocycles. The minimum absolute atomic E-state index is 0.160. The van der Waals surface area contributed by atoms with E-state index < -0.39 is 10.0 Å². The van der Waals surface area contributed by atoms with Gasteiger partial charge in [0.2, 0.25) is 0 Å². The molecule has 1 N–H and O–H groups in total. The lowest BCUT2D eigenvalue weighted by atomic mass is 10.4. The van der Waals surface area contributed by atoms with Crippen molar-refractivity contribution in [1.29, 1.82) is 0 Å². The van der Waals surface area contributed by atoms with Crippen molar-refractivity contribution in [1.82, 2.24) is 9.84 Å². The fourth-order valence-electron chi connectivity index (χ4n) is 0.937. The number of hydrazine groups is 1. The van der Waals surface area contributed by atoms with Gasteiger partial charge in [0.25, 0.3) is 10.0 Å². The molecule has 0 heterocycles.